The topological polar surface area (TPSA) is 85.3 Å². The standard InChI is InChI=1S/C11H17FN4O2/c1-11(2,12)9-14-10(18-15-9)16-5-3-7(4-6-16)8(13)17/h7H,3-6H2,1-2H3,(H2,13,17). The summed E-state index contributed by atoms with van der Waals surface area (Å²) in [4.78, 5) is 16.9. The average molecular weight is 256 g/mol. The van der Waals surface area contributed by atoms with Crippen molar-refractivity contribution in [2.75, 3.05) is 18.0 Å². The summed E-state index contributed by atoms with van der Waals surface area (Å²) in [7, 11) is 0. The van der Waals surface area contributed by atoms with E-state index in [2.05, 4.69) is 10.1 Å². The lowest BCUT2D eigenvalue weighted by molar-refractivity contribution is -0.122. The van der Waals surface area contributed by atoms with Crippen molar-refractivity contribution >= 4 is 11.9 Å². The van der Waals surface area contributed by atoms with Crippen LogP contribution in [0.5, 0.6) is 0 Å². The molecule has 1 fully saturated rings. The minimum Gasteiger partial charge on any atom is -0.369 e. The number of hydrogen-bond donors (Lipinski definition) is 1. The second-order valence-corrected chi connectivity index (χ2v) is 5.04. The first kappa shape index (κ1) is 12.8. The molecule has 0 unspecified atom stereocenters. The van der Waals surface area contributed by atoms with Crippen LogP contribution in [0.1, 0.15) is 32.5 Å². The largest absolute Gasteiger partial charge is 0.369 e. The zero-order chi connectivity index (χ0) is 13.3. The van der Waals surface area contributed by atoms with Gasteiger partial charge in [-0.1, -0.05) is 5.16 Å². The minimum absolute atomic E-state index is 0.0366. The molecule has 1 aromatic rings. The van der Waals surface area contributed by atoms with E-state index in [0.29, 0.717) is 31.9 Å². The zero-order valence-corrected chi connectivity index (χ0v) is 10.5. The van der Waals surface area contributed by atoms with Crippen molar-refractivity contribution in [1.29, 1.82) is 0 Å². The van der Waals surface area contributed by atoms with Gasteiger partial charge in [0.1, 0.15) is 0 Å². The van der Waals surface area contributed by atoms with Gasteiger partial charge in [0.15, 0.2) is 5.67 Å². The summed E-state index contributed by atoms with van der Waals surface area (Å²) in [5, 5.41) is 3.62. The highest BCUT2D eigenvalue weighted by Gasteiger charge is 2.29. The molecular formula is C11H17FN4O2. The highest BCUT2D eigenvalue weighted by molar-refractivity contribution is 5.76. The third-order valence-corrected chi connectivity index (χ3v) is 3.11. The van der Waals surface area contributed by atoms with Gasteiger partial charge in [0.2, 0.25) is 11.7 Å². The predicted octanol–water partition coefficient (Wildman–Crippen LogP) is 0.976. The van der Waals surface area contributed by atoms with Crippen LogP contribution in [-0.2, 0) is 10.5 Å². The van der Waals surface area contributed by atoms with Gasteiger partial charge in [0.05, 0.1) is 0 Å². The van der Waals surface area contributed by atoms with Crippen molar-refractivity contribution in [3.05, 3.63) is 5.82 Å². The molecule has 1 aliphatic heterocycles. The Bertz CT molecular complexity index is 432. The third-order valence-electron chi connectivity index (χ3n) is 3.11. The molecule has 1 amide bonds. The maximum Gasteiger partial charge on any atom is 0.324 e. The van der Waals surface area contributed by atoms with E-state index in [1.807, 2.05) is 4.90 Å². The second kappa shape index (κ2) is 4.55. The Morgan fingerprint density at radius 3 is 2.56 bits per heavy atom. The molecule has 1 aromatic heterocycles. The lowest BCUT2D eigenvalue weighted by Crippen LogP contribution is -2.38. The lowest BCUT2D eigenvalue weighted by Gasteiger charge is -2.28. The Balaban J connectivity index is 2.02. The Morgan fingerprint density at radius 2 is 2.11 bits per heavy atom. The van der Waals surface area contributed by atoms with Crippen molar-refractivity contribution in [3.8, 4) is 0 Å². The van der Waals surface area contributed by atoms with Gasteiger partial charge >= 0.3 is 6.01 Å². The maximum absolute atomic E-state index is 13.6. The molecule has 0 aromatic carbocycles. The van der Waals surface area contributed by atoms with Crippen LogP contribution in [0.4, 0.5) is 10.4 Å². The van der Waals surface area contributed by atoms with Gasteiger partial charge in [0, 0.05) is 19.0 Å². The van der Waals surface area contributed by atoms with Gasteiger partial charge in [0.25, 0.3) is 0 Å². The number of hydrogen-bond acceptors (Lipinski definition) is 5. The van der Waals surface area contributed by atoms with E-state index in [-0.39, 0.29) is 17.6 Å². The number of nitrogens with zero attached hydrogens (tertiary/aromatic N) is 3. The number of carbonyl (C=O) groups excluding carboxylic acids is 1. The number of rotatable bonds is 3. The van der Waals surface area contributed by atoms with Gasteiger partial charge in [-0.3, -0.25) is 4.79 Å². The van der Waals surface area contributed by atoms with Crippen molar-refractivity contribution < 1.29 is 13.7 Å². The Labute approximate surface area is 104 Å². The molecule has 0 bridgehead atoms. The van der Waals surface area contributed by atoms with Crippen LogP contribution in [-0.4, -0.2) is 29.1 Å². The van der Waals surface area contributed by atoms with Crippen LogP contribution < -0.4 is 10.6 Å². The van der Waals surface area contributed by atoms with Crippen molar-refractivity contribution in [3.63, 3.8) is 0 Å². The summed E-state index contributed by atoms with van der Waals surface area (Å²) in [6.45, 7) is 3.98. The quantitative estimate of drug-likeness (QED) is 0.871. The van der Waals surface area contributed by atoms with E-state index in [0.717, 1.165) is 0 Å². The van der Waals surface area contributed by atoms with Gasteiger partial charge in [-0.05, 0) is 26.7 Å². The predicted molar refractivity (Wildman–Crippen MR) is 62.6 cm³/mol. The van der Waals surface area contributed by atoms with Gasteiger partial charge < -0.3 is 15.2 Å². The smallest absolute Gasteiger partial charge is 0.324 e. The average Bonchev–Trinajstić information content (AvgIpc) is 2.78. The van der Waals surface area contributed by atoms with Crippen molar-refractivity contribution in [1.82, 2.24) is 10.1 Å². The van der Waals surface area contributed by atoms with E-state index in [9.17, 15) is 9.18 Å². The Kier molecular flexibility index (Phi) is 3.23. The normalized spacial score (nSPS) is 18.1. The number of aromatic nitrogens is 2. The van der Waals surface area contributed by atoms with Crippen LogP contribution >= 0.6 is 0 Å². The number of primary amides is 1. The number of alkyl halides is 1. The molecule has 2 rings (SSSR count). The Hall–Kier alpha value is -1.66. The molecule has 6 nitrogen and oxygen atoms in total. The minimum atomic E-state index is -1.62. The SMILES string of the molecule is CC(C)(F)c1noc(N2CCC(C(N)=O)CC2)n1. The Morgan fingerprint density at radius 1 is 1.50 bits per heavy atom. The number of halogens is 1. The highest BCUT2D eigenvalue weighted by atomic mass is 19.1. The fourth-order valence-electron chi connectivity index (χ4n) is 1.94. The molecule has 0 spiro atoms. The molecule has 1 saturated heterocycles. The summed E-state index contributed by atoms with van der Waals surface area (Å²) in [5.74, 6) is -0.332. The molecule has 2 heterocycles. The number of nitrogens with two attached hydrogens (primary N) is 1. The number of piperidine rings is 1. The summed E-state index contributed by atoms with van der Waals surface area (Å²) in [6, 6.07) is 0.304. The van der Waals surface area contributed by atoms with Crippen LogP contribution in [0, 0.1) is 5.92 Å². The summed E-state index contributed by atoms with van der Waals surface area (Å²) < 4.78 is 18.6. The molecule has 0 aliphatic carbocycles. The third kappa shape index (κ3) is 2.60. The van der Waals surface area contributed by atoms with Crippen LogP contribution in [0.15, 0.2) is 4.52 Å². The molecule has 1 aliphatic rings. The van der Waals surface area contributed by atoms with Crippen LogP contribution in [0.25, 0.3) is 0 Å². The first-order valence-electron chi connectivity index (χ1n) is 5.95. The number of anilines is 1. The van der Waals surface area contributed by atoms with Crippen molar-refractivity contribution in [2.45, 2.75) is 32.4 Å². The van der Waals surface area contributed by atoms with E-state index in [4.69, 9.17) is 10.3 Å². The van der Waals surface area contributed by atoms with E-state index in [1.54, 1.807) is 0 Å². The first-order valence-corrected chi connectivity index (χ1v) is 5.95. The van der Waals surface area contributed by atoms with Gasteiger partial charge in [-0.15, -0.1) is 0 Å². The zero-order valence-electron chi connectivity index (χ0n) is 10.5. The summed E-state index contributed by atoms with van der Waals surface area (Å²) in [6.07, 6.45) is 1.32. The van der Waals surface area contributed by atoms with Crippen LogP contribution in [0.3, 0.4) is 0 Å². The molecular weight excluding hydrogens is 239 g/mol. The fraction of sp³-hybridized carbons (Fsp3) is 0.727. The van der Waals surface area contributed by atoms with E-state index >= 15 is 0 Å². The molecule has 100 valence electrons. The van der Waals surface area contributed by atoms with Crippen LogP contribution in [0.2, 0.25) is 0 Å². The van der Waals surface area contributed by atoms with E-state index < -0.39 is 5.67 Å². The number of amides is 1. The van der Waals surface area contributed by atoms with Gasteiger partial charge in [-0.25, -0.2) is 4.39 Å². The molecule has 0 radical (unpaired) electrons. The lowest BCUT2D eigenvalue weighted by atomic mass is 9.97. The summed E-state index contributed by atoms with van der Waals surface area (Å²) in [5.41, 5.74) is 3.64. The highest BCUT2D eigenvalue weighted by Crippen LogP contribution is 2.26. The molecule has 0 saturated carbocycles. The monoisotopic (exact) mass is 256 g/mol. The van der Waals surface area contributed by atoms with Gasteiger partial charge in [-0.2, -0.15) is 4.98 Å². The van der Waals surface area contributed by atoms with Crippen molar-refractivity contribution in [2.24, 2.45) is 11.7 Å². The maximum atomic E-state index is 13.6. The van der Waals surface area contributed by atoms with E-state index in [1.165, 1.54) is 13.8 Å². The first-order chi connectivity index (χ1) is 8.38. The summed E-state index contributed by atoms with van der Waals surface area (Å²) >= 11 is 0. The second-order valence-electron chi connectivity index (χ2n) is 5.04. The molecule has 2 N–H and O–H groups in total. The molecule has 18 heavy (non-hydrogen) atoms. The fourth-order valence-corrected chi connectivity index (χ4v) is 1.94. The molecule has 0 atom stereocenters. The number of carbonyl (C=O) groups is 1. The molecule has 7 heteroatoms.